The first-order valence-corrected chi connectivity index (χ1v) is 7.60. The van der Waals surface area contributed by atoms with E-state index >= 15 is 0 Å². The molecule has 28 heavy (non-hydrogen) atoms. The zero-order valence-corrected chi connectivity index (χ0v) is 16.9. The third kappa shape index (κ3) is 8.07. The summed E-state index contributed by atoms with van der Waals surface area (Å²) in [5, 5.41) is 2.69. The fourth-order valence-corrected chi connectivity index (χ4v) is 1.78. The van der Waals surface area contributed by atoms with Crippen LogP contribution in [0.2, 0.25) is 0 Å². The zero-order valence-electron chi connectivity index (χ0n) is 15.2. The number of nitrogens with zero attached hydrogens (tertiary/aromatic N) is 3. The molecule has 1 amide bonds. The summed E-state index contributed by atoms with van der Waals surface area (Å²) in [4.78, 5) is 23.5. The van der Waals surface area contributed by atoms with E-state index in [1.807, 2.05) is 0 Å². The number of ether oxygens (including phenoxy) is 2. The number of nitrogens with one attached hydrogen (secondary N) is 1. The fraction of sp³-hybridized carbons (Fsp3) is 0.111. The molecule has 0 unspecified atom stereocenters. The predicted molar refractivity (Wildman–Crippen MR) is 113 cm³/mol. The molecular formula is C18H21Cl2N5O3. The summed E-state index contributed by atoms with van der Waals surface area (Å²) in [5.74, 6) is 0.822. The maximum atomic E-state index is 11.7. The van der Waals surface area contributed by atoms with Gasteiger partial charge in [0.15, 0.2) is 0 Å². The lowest BCUT2D eigenvalue weighted by atomic mass is 10.3. The van der Waals surface area contributed by atoms with Gasteiger partial charge in [0.2, 0.25) is 11.8 Å². The number of rotatable bonds is 4. The number of pyridine rings is 3. The van der Waals surface area contributed by atoms with Crippen LogP contribution < -0.4 is 20.5 Å². The molecule has 3 rings (SSSR count). The zero-order chi connectivity index (χ0) is 18.8. The molecule has 0 saturated heterocycles. The minimum absolute atomic E-state index is 0. The van der Waals surface area contributed by atoms with Crippen LogP contribution in [-0.4, -0.2) is 35.1 Å². The fourth-order valence-electron chi connectivity index (χ4n) is 1.78. The van der Waals surface area contributed by atoms with Crippen molar-refractivity contribution in [2.75, 3.05) is 25.3 Å². The summed E-state index contributed by atoms with van der Waals surface area (Å²) in [7, 11) is 3.10. The van der Waals surface area contributed by atoms with E-state index in [2.05, 4.69) is 20.3 Å². The van der Waals surface area contributed by atoms with Gasteiger partial charge in [0.25, 0.3) is 5.91 Å². The number of nitrogens with two attached hydrogens (primary N) is 1. The lowest BCUT2D eigenvalue weighted by Gasteiger charge is -2.04. The molecule has 3 aromatic heterocycles. The van der Waals surface area contributed by atoms with E-state index in [9.17, 15) is 4.79 Å². The Labute approximate surface area is 175 Å². The number of carbonyl (C=O) groups is 1. The number of hydrogen-bond acceptors (Lipinski definition) is 7. The second-order valence-electron chi connectivity index (χ2n) is 4.89. The standard InChI is InChI=1S/C12H11N3O2.C6H8N2O.2ClH/c1-17-11-6-5-9(8-14-11)15-12(16)10-4-2-3-7-13-10;1-9-6-3-2-5(7)4-8-6;;/h2-8H,1H3,(H,15,16);2-4H,7H2,1H3;2*1H. The van der Waals surface area contributed by atoms with Crippen molar-refractivity contribution in [2.24, 2.45) is 0 Å². The van der Waals surface area contributed by atoms with Gasteiger partial charge in [-0.15, -0.1) is 24.8 Å². The third-order valence-electron chi connectivity index (χ3n) is 3.07. The van der Waals surface area contributed by atoms with Crippen molar-refractivity contribution in [3.63, 3.8) is 0 Å². The maximum absolute atomic E-state index is 11.7. The number of amides is 1. The van der Waals surface area contributed by atoms with Crippen molar-refractivity contribution in [3.05, 3.63) is 66.7 Å². The molecule has 3 aromatic rings. The molecule has 3 heterocycles. The lowest BCUT2D eigenvalue weighted by molar-refractivity contribution is 0.102. The molecule has 8 nitrogen and oxygen atoms in total. The van der Waals surface area contributed by atoms with E-state index in [1.165, 1.54) is 13.3 Å². The maximum Gasteiger partial charge on any atom is 0.274 e. The van der Waals surface area contributed by atoms with Crippen molar-refractivity contribution in [2.45, 2.75) is 0 Å². The van der Waals surface area contributed by atoms with Crippen LogP contribution in [0.1, 0.15) is 10.5 Å². The number of anilines is 2. The van der Waals surface area contributed by atoms with Gasteiger partial charge in [0.1, 0.15) is 5.69 Å². The number of aromatic nitrogens is 3. The number of halogens is 2. The molecule has 0 aliphatic heterocycles. The Morgan fingerprint density at radius 3 is 2.00 bits per heavy atom. The highest BCUT2D eigenvalue weighted by Gasteiger charge is 2.06. The normalized spacial score (nSPS) is 8.79. The van der Waals surface area contributed by atoms with Crippen LogP contribution in [0.3, 0.4) is 0 Å². The van der Waals surface area contributed by atoms with E-state index in [1.54, 1.807) is 62.0 Å². The number of carbonyl (C=O) groups excluding carboxylic acids is 1. The van der Waals surface area contributed by atoms with E-state index in [0.717, 1.165) is 0 Å². The summed E-state index contributed by atoms with van der Waals surface area (Å²) < 4.78 is 9.73. The average molecular weight is 426 g/mol. The van der Waals surface area contributed by atoms with Crippen LogP contribution in [0.25, 0.3) is 0 Å². The first kappa shape index (κ1) is 24.9. The lowest BCUT2D eigenvalue weighted by Crippen LogP contribution is -2.13. The average Bonchev–Trinajstić information content (AvgIpc) is 2.70. The minimum atomic E-state index is -0.266. The van der Waals surface area contributed by atoms with E-state index in [-0.39, 0.29) is 30.7 Å². The van der Waals surface area contributed by atoms with Gasteiger partial charge < -0.3 is 20.5 Å². The van der Waals surface area contributed by atoms with Gasteiger partial charge >= 0.3 is 0 Å². The predicted octanol–water partition coefficient (Wildman–Crippen LogP) is 3.25. The highest BCUT2D eigenvalue weighted by Crippen LogP contribution is 2.11. The highest BCUT2D eigenvalue weighted by atomic mass is 35.5. The van der Waals surface area contributed by atoms with Gasteiger partial charge in [-0.2, -0.15) is 0 Å². The van der Waals surface area contributed by atoms with Crippen LogP contribution in [0.4, 0.5) is 11.4 Å². The highest BCUT2D eigenvalue weighted by molar-refractivity contribution is 6.02. The third-order valence-corrected chi connectivity index (χ3v) is 3.07. The van der Waals surface area contributed by atoms with Crippen molar-refractivity contribution in [1.29, 1.82) is 0 Å². The molecule has 0 atom stereocenters. The molecule has 0 spiro atoms. The molecule has 0 bridgehead atoms. The summed E-state index contributed by atoms with van der Waals surface area (Å²) in [6, 6.07) is 12.0. The summed E-state index contributed by atoms with van der Waals surface area (Å²) in [6.07, 6.45) is 4.65. The smallest absolute Gasteiger partial charge is 0.274 e. The first-order valence-electron chi connectivity index (χ1n) is 7.60. The summed E-state index contributed by atoms with van der Waals surface area (Å²) in [6.45, 7) is 0. The van der Waals surface area contributed by atoms with Crippen LogP contribution in [-0.2, 0) is 0 Å². The Balaban J connectivity index is 0.000000570. The van der Waals surface area contributed by atoms with E-state index < -0.39 is 0 Å². The Morgan fingerprint density at radius 2 is 1.54 bits per heavy atom. The van der Waals surface area contributed by atoms with Gasteiger partial charge in [-0.1, -0.05) is 6.07 Å². The second-order valence-corrected chi connectivity index (χ2v) is 4.89. The van der Waals surface area contributed by atoms with Crippen molar-refractivity contribution in [1.82, 2.24) is 15.0 Å². The Bertz CT molecular complexity index is 819. The molecule has 0 aromatic carbocycles. The molecule has 0 radical (unpaired) electrons. The van der Waals surface area contributed by atoms with Crippen molar-refractivity contribution in [3.8, 4) is 11.8 Å². The van der Waals surface area contributed by atoms with Crippen molar-refractivity contribution < 1.29 is 14.3 Å². The second kappa shape index (κ2) is 13.1. The van der Waals surface area contributed by atoms with Gasteiger partial charge in [0.05, 0.1) is 38.0 Å². The Morgan fingerprint density at radius 1 is 0.893 bits per heavy atom. The largest absolute Gasteiger partial charge is 0.481 e. The van der Waals surface area contributed by atoms with E-state index in [4.69, 9.17) is 15.2 Å². The van der Waals surface area contributed by atoms with Crippen LogP contribution in [0.15, 0.2) is 61.1 Å². The number of methoxy groups -OCH3 is 2. The van der Waals surface area contributed by atoms with Crippen LogP contribution >= 0.6 is 24.8 Å². The summed E-state index contributed by atoms with van der Waals surface area (Å²) in [5.41, 5.74) is 6.97. The van der Waals surface area contributed by atoms with Gasteiger partial charge in [-0.05, 0) is 24.3 Å². The summed E-state index contributed by atoms with van der Waals surface area (Å²) >= 11 is 0. The van der Waals surface area contributed by atoms with Gasteiger partial charge in [-0.3, -0.25) is 9.78 Å². The molecule has 0 fully saturated rings. The minimum Gasteiger partial charge on any atom is -0.481 e. The molecule has 0 aliphatic rings. The molecule has 150 valence electrons. The number of nitrogen functional groups attached to an aromatic ring is 1. The molecule has 10 heteroatoms. The SMILES string of the molecule is COc1ccc(N)cn1.COc1ccc(NC(=O)c2ccccn2)cn1.Cl.Cl. The molecule has 0 saturated carbocycles. The number of hydrogen-bond donors (Lipinski definition) is 2. The Hall–Kier alpha value is -3.10. The van der Waals surface area contributed by atoms with Gasteiger partial charge in [-0.25, -0.2) is 9.97 Å². The monoisotopic (exact) mass is 425 g/mol. The van der Waals surface area contributed by atoms with E-state index in [0.29, 0.717) is 28.8 Å². The topological polar surface area (TPSA) is 112 Å². The first-order chi connectivity index (χ1) is 12.6. The molecular weight excluding hydrogens is 405 g/mol. The van der Waals surface area contributed by atoms with Crippen LogP contribution in [0, 0.1) is 0 Å². The molecule has 0 aliphatic carbocycles. The van der Waals surface area contributed by atoms with Crippen LogP contribution in [0.5, 0.6) is 11.8 Å². The molecule has 3 N–H and O–H groups in total. The van der Waals surface area contributed by atoms with Gasteiger partial charge in [0, 0.05) is 18.3 Å². The van der Waals surface area contributed by atoms with Crippen molar-refractivity contribution >= 4 is 42.1 Å². The Kier molecular flexibility index (Phi) is 11.7. The quantitative estimate of drug-likeness (QED) is 0.659.